The second kappa shape index (κ2) is 9.22. The highest BCUT2D eigenvalue weighted by Crippen LogP contribution is 2.42. The molecule has 186 valence electrons. The molecule has 3 aromatic rings. The molecule has 0 aliphatic carbocycles. The van der Waals surface area contributed by atoms with Gasteiger partial charge in [0.2, 0.25) is 0 Å². The van der Waals surface area contributed by atoms with E-state index < -0.39 is 11.7 Å². The number of hydrogen-bond donors (Lipinski definition) is 0. The summed E-state index contributed by atoms with van der Waals surface area (Å²) in [4.78, 5) is 21.7. The quantitative estimate of drug-likeness (QED) is 0.455. The van der Waals surface area contributed by atoms with Crippen molar-refractivity contribution in [2.45, 2.75) is 19.1 Å². The van der Waals surface area contributed by atoms with Crippen molar-refractivity contribution in [3.05, 3.63) is 83.4 Å². The van der Waals surface area contributed by atoms with Crippen LogP contribution in [0.3, 0.4) is 0 Å². The number of alkyl halides is 3. The lowest BCUT2D eigenvalue weighted by atomic mass is 10.1. The van der Waals surface area contributed by atoms with Gasteiger partial charge in [0.25, 0.3) is 5.91 Å². The van der Waals surface area contributed by atoms with Crippen molar-refractivity contribution in [3.8, 4) is 17.2 Å². The van der Waals surface area contributed by atoms with Crippen LogP contribution in [0.2, 0.25) is 0 Å². The highest BCUT2D eigenvalue weighted by atomic mass is 19.4. The van der Waals surface area contributed by atoms with Gasteiger partial charge in [0.15, 0.2) is 5.75 Å². The lowest BCUT2D eigenvalue weighted by Gasteiger charge is -2.41. The minimum Gasteiger partial charge on any atom is -0.497 e. The van der Waals surface area contributed by atoms with Crippen molar-refractivity contribution in [1.82, 2.24) is 9.80 Å². The number of carbonyl (C=O) groups excluding carboxylic acids is 1. The maximum Gasteiger partial charge on any atom is 0.416 e. The predicted octanol–water partition coefficient (Wildman–Crippen LogP) is 5.74. The molecule has 2 aliphatic rings. The summed E-state index contributed by atoms with van der Waals surface area (Å²) in [7, 11) is 1.55. The van der Waals surface area contributed by atoms with Crippen molar-refractivity contribution in [2.75, 3.05) is 26.7 Å². The van der Waals surface area contributed by atoms with Gasteiger partial charge in [-0.15, -0.1) is 0 Å². The molecule has 1 amide bonds. The van der Waals surface area contributed by atoms with Gasteiger partial charge in [0, 0.05) is 31.2 Å². The molecule has 1 unspecified atom stereocenters. The van der Waals surface area contributed by atoms with E-state index in [0.29, 0.717) is 48.1 Å². The normalized spacial score (nSPS) is 17.4. The Morgan fingerprint density at radius 2 is 1.83 bits per heavy atom. The van der Waals surface area contributed by atoms with Gasteiger partial charge >= 0.3 is 6.18 Å². The average molecular weight is 496 g/mol. The number of aliphatic imine (C=N–C) groups is 1. The highest BCUT2D eigenvalue weighted by Gasteiger charge is 2.34. The number of benzene rings is 3. The van der Waals surface area contributed by atoms with Gasteiger partial charge < -0.3 is 19.3 Å². The number of halogens is 3. The number of nitrogens with zero attached hydrogens (tertiary/aromatic N) is 3. The summed E-state index contributed by atoms with van der Waals surface area (Å²) in [6.07, 6.45) is -4.50. The number of hydrogen-bond acceptors (Lipinski definition) is 5. The molecule has 3 aromatic carbocycles. The minimum atomic E-state index is -4.50. The highest BCUT2D eigenvalue weighted by molar-refractivity contribution is 6.04. The fraction of sp³-hybridized carbons (Fsp3) is 0.259. The Bertz CT molecular complexity index is 1340. The Labute approximate surface area is 206 Å². The molecule has 1 atom stereocenters. The lowest BCUT2D eigenvalue weighted by molar-refractivity contribution is -0.137. The van der Waals surface area contributed by atoms with Gasteiger partial charge in [-0.3, -0.25) is 4.79 Å². The Balaban J connectivity index is 1.46. The smallest absolute Gasteiger partial charge is 0.416 e. The maximum absolute atomic E-state index is 13.4. The first kappa shape index (κ1) is 23.7. The molecule has 5 rings (SSSR count). The van der Waals surface area contributed by atoms with Crippen molar-refractivity contribution in [1.29, 1.82) is 0 Å². The van der Waals surface area contributed by atoms with Crippen LogP contribution in [0.5, 0.6) is 17.2 Å². The number of amides is 1. The van der Waals surface area contributed by atoms with Gasteiger partial charge in [0.05, 0.1) is 18.2 Å². The Hall–Kier alpha value is -4.01. The summed E-state index contributed by atoms with van der Waals surface area (Å²) in [5, 5.41) is 0. The van der Waals surface area contributed by atoms with Crippen LogP contribution in [-0.4, -0.2) is 54.3 Å². The minimum absolute atomic E-state index is 0.104. The van der Waals surface area contributed by atoms with E-state index in [1.54, 1.807) is 48.4 Å². The molecule has 0 saturated carbocycles. The molecule has 0 aromatic heterocycles. The van der Waals surface area contributed by atoms with Gasteiger partial charge in [-0.1, -0.05) is 18.2 Å². The van der Waals surface area contributed by atoms with E-state index in [2.05, 4.69) is 4.99 Å². The van der Waals surface area contributed by atoms with Crippen molar-refractivity contribution < 1.29 is 27.4 Å². The van der Waals surface area contributed by atoms with Gasteiger partial charge in [-0.05, 0) is 55.5 Å². The van der Waals surface area contributed by atoms with Gasteiger partial charge in [-0.25, -0.2) is 4.99 Å². The number of amidine groups is 1. The Kier molecular flexibility index (Phi) is 6.07. The molecule has 36 heavy (non-hydrogen) atoms. The lowest BCUT2D eigenvalue weighted by Crippen LogP contribution is -2.55. The third-order valence-electron chi connectivity index (χ3n) is 6.37. The largest absolute Gasteiger partial charge is 0.497 e. The first-order valence-electron chi connectivity index (χ1n) is 11.5. The maximum atomic E-state index is 13.4. The van der Waals surface area contributed by atoms with Gasteiger partial charge in [0.1, 0.15) is 23.0 Å². The Morgan fingerprint density at radius 3 is 2.58 bits per heavy atom. The first-order chi connectivity index (χ1) is 17.2. The van der Waals surface area contributed by atoms with Crippen molar-refractivity contribution in [3.63, 3.8) is 0 Å². The molecule has 0 N–H and O–H groups in total. The summed E-state index contributed by atoms with van der Waals surface area (Å²) < 4.78 is 51.4. The third kappa shape index (κ3) is 4.48. The van der Waals surface area contributed by atoms with Crippen molar-refractivity contribution in [2.24, 2.45) is 4.99 Å². The third-order valence-corrected chi connectivity index (χ3v) is 6.37. The van der Waals surface area contributed by atoms with E-state index in [-0.39, 0.29) is 23.4 Å². The van der Waals surface area contributed by atoms with E-state index in [1.807, 2.05) is 24.0 Å². The number of ether oxygens (including phenoxy) is 2. The molecule has 0 spiro atoms. The summed E-state index contributed by atoms with van der Waals surface area (Å²) in [5.74, 6) is 1.79. The zero-order valence-electron chi connectivity index (χ0n) is 19.7. The standard InChI is InChI=1S/C27H24F3N3O3/c1-17-16-32(12-13-33(17)26(34)18-6-5-7-20(14-18)35-2)25-21-8-3-4-9-23(21)36-24-11-10-19(27(28,29)30)15-22(24)31-25/h3-11,14-15,17H,12-13,16H2,1-2H3. The summed E-state index contributed by atoms with van der Waals surface area (Å²) in [5.41, 5.74) is 0.537. The zero-order chi connectivity index (χ0) is 25.4. The van der Waals surface area contributed by atoms with Crippen LogP contribution in [0.4, 0.5) is 18.9 Å². The molecule has 2 heterocycles. The summed E-state index contributed by atoms with van der Waals surface area (Å²) >= 11 is 0. The van der Waals surface area contributed by atoms with Crippen LogP contribution in [0.25, 0.3) is 0 Å². The summed E-state index contributed by atoms with van der Waals surface area (Å²) in [6, 6.07) is 17.4. The number of piperazine rings is 1. The molecular weight excluding hydrogens is 471 g/mol. The molecule has 1 fully saturated rings. The SMILES string of the molecule is COc1cccc(C(=O)N2CCN(C3=Nc4cc(C(F)(F)F)ccc4Oc4ccccc43)CC2C)c1. The number of rotatable bonds is 2. The molecule has 0 radical (unpaired) electrons. The summed E-state index contributed by atoms with van der Waals surface area (Å²) in [6.45, 7) is 3.28. The molecule has 6 nitrogen and oxygen atoms in total. The van der Waals surface area contributed by atoms with E-state index in [9.17, 15) is 18.0 Å². The second-order valence-corrected chi connectivity index (χ2v) is 8.74. The van der Waals surface area contributed by atoms with E-state index >= 15 is 0 Å². The number of para-hydroxylation sites is 1. The van der Waals surface area contributed by atoms with Crippen LogP contribution >= 0.6 is 0 Å². The topological polar surface area (TPSA) is 54.4 Å². The van der Waals surface area contributed by atoms with Crippen molar-refractivity contribution >= 4 is 17.4 Å². The fourth-order valence-corrected chi connectivity index (χ4v) is 4.52. The van der Waals surface area contributed by atoms with Crippen LogP contribution in [-0.2, 0) is 6.18 Å². The van der Waals surface area contributed by atoms with Gasteiger partial charge in [-0.2, -0.15) is 13.2 Å². The van der Waals surface area contributed by atoms with Crippen LogP contribution < -0.4 is 9.47 Å². The fourth-order valence-electron chi connectivity index (χ4n) is 4.52. The van der Waals surface area contributed by atoms with E-state index in [1.165, 1.54) is 6.07 Å². The molecule has 2 aliphatic heterocycles. The van der Waals surface area contributed by atoms with Crippen LogP contribution in [0.1, 0.15) is 28.4 Å². The number of methoxy groups -OCH3 is 1. The molecule has 1 saturated heterocycles. The van der Waals surface area contributed by atoms with Crippen LogP contribution in [0, 0.1) is 0 Å². The Morgan fingerprint density at radius 1 is 1.03 bits per heavy atom. The monoisotopic (exact) mass is 495 g/mol. The number of carbonyl (C=O) groups is 1. The molecule has 0 bridgehead atoms. The number of fused-ring (bicyclic) bond motifs is 2. The predicted molar refractivity (Wildman–Crippen MR) is 129 cm³/mol. The molecular formula is C27H24F3N3O3. The van der Waals surface area contributed by atoms with E-state index in [4.69, 9.17) is 9.47 Å². The van der Waals surface area contributed by atoms with E-state index in [0.717, 1.165) is 12.1 Å². The zero-order valence-corrected chi connectivity index (χ0v) is 19.7. The first-order valence-corrected chi connectivity index (χ1v) is 11.5. The van der Waals surface area contributed by atoms with Crippen LogP contribution in [0.15, 0.2) is 71.7 Å². The molecule has 9 heteroatoms. The second-order valence-electron chi connectivity index (χ2n) is 8.74. The average Bonchev–Trinajstić information content (AvgIpc) is 3.04.